The number of carbonyl (C=O) groups excluding carboxylic acids is 1. The van der Waals surface area contributed by atoms with Gasteiger partial charge in [0.25, 0.3) is 0 Å². The lowest BCUT2D eigenvalue weighted by Gasteiger charge is -2.05. The van der Waals surface area contributed by atoms with E-state index in [4.69, 9.17) is 16.3 Å². The molecule has 1 N–H and O–H groups in total. The Balaban J connectivity index is 2.07. The topological polar surface area (TPSA) is 38.3 Å². The van der Waals surface area contributed by atoms with Crippen LogP contribution in [0, 0.1) is 6.92 Å². The molecule has 21 heavy (non-hydrogen) atoms. The summed E-state index contributed by atoms with van der Waals surface area (Å²) in [5, 5.41) is 3.39. The van der Waals surface area contributed by atoms with Crippen LogP contribution in [0.5, 0.6) is 5.75 Å². The number of hydrogen-bond acceptors (Lipinski definition) is 2. The maximum absolute atomic E-state index is 11.9. The van der Waals surface area contributed by atoms with Crippen molar-refractivity contribution >= 4 is 29.3 Å². The molecule has 0 atom stereocenters. The molecular weight excluding hydrogens is 286 g/mol. The zero-order chi connectivity index (χ0) is 15.2. The fourth-order valence-electron chi connectivity index (χ4n) is 1.82. The Labute approximate surface area is 129 Å². The molecule has 108 valence electrons. The number of anilines is 1. The second-order valence-electron chi connectivity index (χ2n) is 4.53. The van der Waals surface area contributed by atoms with Gasteiger partial charge in [-0.2, -0.15) is 0 Å². The molecule has 0 saturated heterocycles. The Morgan fingerprint density at radius 2 is 2.00 bits per heavy atom. The SMILES string of the molecule is COc1ccccc1/C=C\C(=O)Nc1ccc(C)c(Cl)c1. The van der Waals surface area contributed by atoms with Crippen LogP contribution in [0.2, 0.25) is 5.02 Å². The lowest BCUT2D eigenvalue weighted by atomic mass is 10.2. The average molecular weight is 302 g/mol. The molecule has 0 aliphatic rings. The quantitative estimate of drug-likeness (QED) is 0.855. The van der Waals surface area contributed by atoms with Crippen LogP contribution in [0.4, 0.5) is 5.69 Å². The first-order chi connectivity index (χ1) is 10.1. The van der Waals surface area contributed by atoms with Crippen molar-refractivity contribution in [2.75, 3.05) is 12.4 Å². The van der Waals surface area contributed by atoms with E-state index in [1.54, 1.807) is 19.3 Å². The van der Waals surface area contributed by atoms with Gasteiger partial charge < -0.3 is 10.1 Å². The Morgan fingerprint density at radius 3 is 2.71 bits per heavy atom. The third kappa shape index (κ3) is 4.10. The van der Waals surface area contributed by atoms with Gasteiger partial charge in [0.2, 0.25) is 5.91 Å². The summed E-state index contributed by atoms with van der Waals surface area (Å²) in [5.74, 6) is 0.501. The molecule has 0 spiro atoms. The molecule has 2 aromatic carbocycles. The summed E-state index contributed by atoms with van der Waals surface area (Å²) < 4.78 is 5.22. The smallest absolute Gasteiger partial charge is 0.248 e. The van der Waals surface area contributed by atoms with Gasteiger partial charge in [-0.25, -0.2) is 0 Å². The lowest BCUT2D eigenvalue weighted by molar-refractivity contribution is -0.111. The van der Waals surface area contributed by atoms with Crippen LogP contribution in [0.25, 0.3) is 6.08 Å². The molecule has 0 unspecified atom stereocenters. The van der Waals surface area contributed by atoms with E-state index in [-0.39, 0.29) is 5.91 Å². The van der Waals surface area contributed by atoms with E-state index in [2.05, 4.69) is 5.32 Å². The molecule has 0 saturated carbocycles. The predicted octanol–water partition coefficient (Wildman–Crippen LogP) is 4.31. The number of carbonyl (C=O) groups is 1. The molecule has 2 rings (SSSR count). The minimum absolute atomic E-state index is 0.221. The van der Waals surface area contributed by atoms with Crippen LogP contribution in [0.15, 0.2) is 48.5 Å². The summed E-state index contributed by atoms with van der Waals surface area (Å²) in [4.78, 5) is 11.9. The number of aryl methyl sites for hydroxylation is 1. The van der Waals surface area contributed by atoms with Gasteiger partial charge in [-0.1, -0.05) is 35.9 Å². The number of benzene rings is 2. The number of para-hydroxylation sites is 1. The van der Waals surface area contributed by atoms with Gasteiger partial charge >= 0.3 is 0 Å². The minimum atomic E-state index is -0.221. The van der Waals surface area contributed by atoms with E-state index >= 15 is 0 Å². The lowest BCUT2D eigenvalue weighted by Crippen LogP contribution is -2.07. The summed E-state index contributed by atoms with van der Waals surface area (Å²) in [5.41, 5.74) is 2.48. The highest BCUT2D eigenvalue weighted by Crippen LogP contribution is 2.21. The Kier molecular flexibility index (Phi) is 5.01. The van der Waals surface area contributed by atoms with Gasteiger partial charge in [0.15, 0.2) is 0 Å². The van der Waals surface area contributed by atoms with E-state index in [1.807, 2.05) is 43.3 Å². The van der Waals surface area contributed by atoms with Crippen molar-refractivity contribution in [2.45, 2.75) is 6.92 Å². The van der Waals surface area contributed by atoms with E-state index in [1.165, 1.54) is 6.08 Å². The Morgan fingerprint density at radius 1 is 1.24 bits per heavy atom. The van der Waals surface area contributed by atoms with Gasteiger partial charge in [-0.15, -0.1) is 0 Å². The highest BCUT2D eigenvalue weighted by Gasteiger charge is 2.02. The fourth-order valence-corrected chi connectivity index (χ4v) is 2.00. The molecule has 0 aliphatic heterocycles. The molecule has 0 heterocycles. The van der Waals surface area contributed by atoms with Crippen molar-refractivity contribution in [1.82, 2.24) is 0 Å². The van der Waals surface area contributed by atoms with Gasteiger partial charge in [-0.05, 0) is 36.8 Å². The Bertz CT molecular complexity index is 680. The fraction of sp³-hybridized carbons (Fsp3) is 0.118. The zero-order valence-electron chi connectivity index (χ0n) is 11.9. The molecule has 2 aromatic rings. The maximum Gasteiger partial charge on any atom is 0.248 e. The molecule has 0 aromatic heterocycles. The average Bonchev–Trinajstić information content (AvgIpc) is 2.49. The predicted molar refractivity (Wildman–Crippen MR) is 86.8 cm³/mol. The standard InChI is InChI=1S/C17H16ClNO2/c1-12-7-9-14(11-15(12)18)19-17(20)10-8-13-5-3-4-6-16(13)21-2/h3-11H,1-2H3,(H,19,20)/b10-8-. The summed E-state index contributed by atoms with van der Waals surface area (Å²) in [6, 6.07) is 12.9. The summed E-state index contributed by atoms with van der Waals surface area (Å²) in [7, 11) is 1.60. The number of hydrogen-bond donors (Lipinski definition) is 1. The van der Waals surface area contributed by atoms with Crippen molar-refractivity contribution in [3.05, 3.63) is 64.7 Å². The van der Waals surface area contributed by atoms with Crippen molar-refractivity contribution in [3.63, 3.8) is 0 Å². The third-order valence-corrected chi connectivity index (χ3v) is 3.40. The van der Waals surface area contributed by atoms with E-state index in [9.17, 15) is 4.79 Å². The molecule has 3 nitrogen and oxygen atoms in total. The van der Waals surface area contributed by atoms with Gasteiger partial charge in [0.05, 0.1) is 7.11 Å². The molecule has 0 bridgehead atoms. The largest absolute Gasteiger partial charge is 0.496 e. The van der Waals surface area contributed by atoms with Gasteiger partial charge in [0.1, 0.15) is 5.75 Å². The highest BCUT2D eigenvalue weighted by molar-refractivity contribution is 6.31. The van der Waals surface area contributed by atoms with Crippen LogP contribution in [0.3, 0.4) is 0 Å². The monoisotopic (exact) mass is 301 g/mol. The van der Waals surface area contributed by atoms with Crippen LogP contribution in [-0.2, 0) is 4.79 Å². The van der Waals surface area contributed by atoms with E-state index in [0.717, 1.165) is 16.9 Å². The van der Waals surface area contributed by atoms with Crippen LogP contribution < -0.4 is 10.1 Å². The van der Waals surface area contributed by atoms with Gasteiger partial charge in [0, 0.05) is 22.3 Å². The van der Waals surface area contributed by atoms with E-state index < -0.39 is 0 Å². The number of nitrogens with one attached hydrogen (secondary N) is 1. The van der Waals surface area contributed by atoms with Crippen LogP contribution in [0.1, 0.15) is 11.1 Å². The molecule has 4 heteroatoms. The molecule has 0 radical (unpaired) electrons. The van der Waals surface area contributed by atoms with Crippen LogP contribution in [-0.4, -0.2) is 13.0 Å². The minimum Gasteiger partial charge on any atom is -0.496 e. The number of ether oxygens (including phenoxy) is 1. The van der Waals surface area contributed by atoms with Crippen molar-refractivity contribution in [2.24, 2.45) is 0 Å². The number of amides is 1. The van der Waals surface area contributed by atoms with Crippen LogP contribution >= 0.6 is 11.6 Å². The number of rotatable bonds is 4. The van der Waals surface area contributed by atoms with Crippen molar-refractivity contribution < 1.29 is 9.53 Å². The summed E-state index contributed by atoms with van der Waals surface area (Å²) in [6.07, 6.45) is 3.18. The summed E-state index contributed by atoms with van der Waals surface area (Å²) >= 11 is 6.02. The zero-order valence-corrected chi connectivity index (χ0v) is 12.6. The first kappa shape index (κ1) is 15.1. The maximum atomic E-state index is 11.9. The Hall–Kier alpha value is -2.26. The first-order valence-corrected chi connectivity index (χ1v) is 6.86. The first-order valence-electron chi connectivity index (χ1n) is 6.48. The molecular formula is C17H16ClNO2. The summed E-state index contributed by atoms with van der Waals surface area (Å²) in [6.45, 7) is 1.91. The normalized spacial score (nSPS) is 10.6. The second kappa shape index (κ2) is 6.95. The number of halogens is 1. The highest BCUT2D eigenvalue weighted by atomic mass is 35.5. The van der Waals surface area contributed by atoms with Crippen molar-refractivity contribution in [3.8, 4) is 5.75 Å². The third-order valence-electron chi connectivity index (χ3n) is 2.99. The van der Waals surface area contributed by atoms with E-state index in [0.29, 0.717) is 10.7 Å². The molecule has 0 aliphatic carbocycles. The van der Waals surface area contributed by atoms with Gasteiger partial charge in [-0.3, -0.25) is 4.79 Å². The van der Waals surface area contributed by atoms with Crippen molar-refractivity contribution in [1.29, 1.82) is 0 Å². The molecule has 1 amide bonds. The molecule has 0 fully saturated rings. The second-order valence-corrected chi connectivity index (χ2v) is 4.94. The number of methoxy groups -OCH3 is 1.